The van der Waals surface area contributed by atoms with Gasteiger partial charge in [0, 0.05) is 16.6 Å². The SMILES string of the molecule is CC(=O)Cc1cccc(N)c1Br. The molecule has 2 nitrogen and oxygen atoms in total. The van der Waals surface area contributed by atoms with E-state index in [9.17, 15) is 4.79 Å². The summed E-state index contributed by atoms with van der Waals surface area (Å²) in [6, 6.07) is 5.54. The summed E-state index contributed by atoms with van der Waals surface area (Å²) in [6.07, 6.45) is 0.436. The number of nitrogens with two attached hydrogens (primary N) is 1. The predicted octanol–water partition coefficient (Wildman–Crippen LogP) is 2.16. The molecule has 0 unspecified atom stereocenters. The van der Waals surface area contributed by atoms with Gasteiger partial charge in [-0.3, -0.25) is 4.79 Å². The van der Waals surface area contributed by atoms with E-state index in [0.717, 1.165) is 10.0 Å². The maximum Gasteiger partial charge on any atom is 0.134 e. The molecule has 0 radical (unpaired) electrons. The van der Waals surface area contributed by atoms with Gasteiger partial charge in [-0.1, -0.05) is 12.1 Å². The van der Waals surface area contributed by atoms with Crippen LogP contribution in [0.2, 0.25) is 0 Å². The van der Waals surface area contributed by atoms with Crippen LogP contribution in [0, 0.1) is 0 Å². The minimum Gasteiger partial charge on any atom is -0.398 e. The Labute approximate surface area is 79.9 Å². The number of carbonyl (C=O) groups is 1. The van der Waals surface area contributed by atoms with Gasteiger partial charge in [-0.2, -0.15) is 0 Å². The van der Waals surface area contributed by atoms with Crippen LogP contribution in [0.5, 0.6) is 0 Å². The van der Waals surface area contributed by atoms with Crippen molar-refractivity contribution in [3.63, 3.8) is 0 Å². The number of halogens is 1. The maximum absolute atomic E-state index is 10.8. The summed E-state index contributed by atoms with van der Waals surface area (Å²) in [5.74, 6) is 0.140. The monoisotopic (exact) mass is 227 g/mol. The van der Waals surface area contributed by atoms with E-state index in [4.69, 9.17) is 5.73 Å². The van der Waals surface area contributed by atoms with Crippen LogP contribution < -0.4 is 5.73 Å². The van der Waals surface area contributed by atoms with Gasteiger partial charge in [-0.15, -0.1) is 0 Å². The highest BCUT2D eigenvalue weighted by Gasteiger charge is 2.04. The number of benzene rings is 1. The van der Waals surface area contributed by atoms with E-state index < -0.39 is 0 Å². The molecule has 0 saturated carbocycles. The van der Waals surface area contributed by atoms with Crippen molar-refractivity contribution in [2.45, 2.75) is 13.3 Å². The van der Waals surface area contributed by atoms with E-state index in [1.165, 1.54) is 0 Å². The molecule has 12 heavy (non-hydrogen) atoms. The van der Waals surface area contributed by atoms with Gasteiger partial charge >= 0.3 is 0 Å². The van der Waals surface area contributed by atoms with Crippen LogP contribution in [0.4, 0.5) is 5.69 Å². The van der Waals surface area contributed by atoms with Crippen molar-refractivity contribution in [1.29, 1.82) is 0 Å². The zero-order valence-electron chi connectivity index (χ0n) is 6.80. The molecule has 1 rings (SSSR count). The van der Waals surface area contributed by atoms with Crippen molar-refractivity contribution in [2.24, 2.45) is 0 Å². The standard InChI is InChI=1S/C9H10BrNO/c1-6(12)5-7-3-2-4-8(11)9(7)10/h2-4H,5,11H2,1H3. The average Bonchev–Trinajstić information content (AvgIpc) is 1.98. The number of ketones is 1. The third-order valence-corrected chi connectivity index (χ3v) is 2.52. The second-order valence-electron chi connectivity index (χ2n) is 2.70. The van der Waals surface area contributed by atoms with Crippen LogP contribution in [-0.4, -0.2) is 5.78 Å². The summed E-state index contributed by atoms with van der Waals surface area (Å²) in [5, 5.41) is 0. The number of rotatable bonds is 2. The molecule has 0 atom stereocenters. The molecule has 0 aliphatic rings. The second-order valence-corrected chi connectivity index (χ2v) is 3.49. The van der Waals surface area contributed by atoms with E-state index in [0.29, 0.717) is 12.1 Å². The number of nitrogen functional groups attached to an aromatic ring is 1. The Morgan fingerprint density at radius 2 is 2.25 bits per heavy atom. The number of Topliss-reactive ketones (excluding diaryl/α,β-unsaturated/α-hetero) is 1. The van der Waals surface area contributed by atoms with E-state index in [2.05, 4.69) is 15.9 Å². The highest BCUT2D eigenvalue weighted by molar-refractivity contribution is 9.10. The van der Waals surface area contributed by atoms with Gasteiger partial charge in [0.15, 0.2) is 0 Å². The van der Waals surface area contributed by atoms with Crippen LogP contribution in [0.25, 0.3) is 0 Å². The van der Waals surface area contributed by atoms with Crippen molar-refractivity contribution in [2.75, 3.05) is 5.73 Å². The number of anilines is 1. The summed E-state index contributed by atoms with van der Waals surface area (Å²) in [7, 11) is 0. The molecule has 0 heterocycles. The van der Waals surface area contributed by atoms with Crippen molar-refractivity contribution in [3.8, 4) is 0 Å². The lowest BCUT2D eigenvalue weighted by Gasteiger charge is -2.03. The molecular weight excluding hydrogens is 218 g/mol. The quantitative estimate of drug-likeness (QED) is 0.788. The van der Waals surface area contributed by atoms with E-state index in [1.807, 2.05) is 12.1 Å². The summed E-state index contributed by atoms with van der Waals surface area (Å²) in [5.41, 5.74) is 7.26. The first-order valence-corrected chi connectivity index (χ1v) is 4.43. The van der Waals surface area contributed by atoms with Gasteiger partial charge < -0.3 is 5.73 Å². The molecule has 0 amide bonds. The Kier molecular flexibility index (Phi) is 2.87. The first kappa shape index (κ1) is 9.26. The van der Waals surface area contributed by atoms with Gasteiger partial charge in [0.1, 0.15) is 5.78 Å². The Morgan fingerprint density at radius 3 is 2.83 bits per heavy atom. The van der Waals surface area contributed by atoms with Crippen molar-refractivity contribution in [1.82, 2.24) is 0 Å². The average molecular weight is 228 g/mol. The molecule has 64 valence electrons. The highest BCUT2D eigenvalue weighted by Crippen LogP contribution is 2.23. The minimum atomic E-state index is 0.140. The zero-order chi connectivity index (χ0) is 9.14. The summed E-state index contributed by atoms with van der Waals surface area (Å²) >= 11 is 3.33. The van der Waals surface area contributed by atoms with Crippen molar-refractivity contribution in [3.05, 3.63) is 28.2 Å². The highest BCUT2D eigenvalue weighted by atomic mass is 79.9. The Balaban J connectivity index is 3.00. The first-order chi connectivity index (χ1) is 5.61. The van der Waals surface area contributed by atoms with Gasteiger partial charge in [-0.05, 0) is 34.5 Å². The fourth-order valence-corrected chi connectivity index (χ4v) is 1.41. The minimum absolute atomic E-state index is 0.140. The maximum atomic E-state index is 10.8. The molecule has 0 spiro atoms. The normalized spacial score (nSPS) is 9.83. The number of hydrogen-bond acceptors (Lipinski definition) is 2. The Bertz CT molecular complexity index is 309. The lowest BCUT2D eigenvalue weighted by molar-refractivity contribution is -0.116. The Hall–Kier alpha value is -0.830. The van der Waals surface area contributed by atoms with Gasteiger partial charge in [-0.25, -0.2) is 0 Å². The van der Waals surface area contributed by atoms with Crippen molar-refractivity contribution >= 4 is 27.4 Å². The van der Waals surface area contributed by atoms with E-state index in [1.54, 1.807) is 13.0 Å². The lowest BCUT2D eigenvalue weighted by atomic mass is 10.1. The molecule has 3 heteroatoms. The second kappa shape index (κ2) is 3.72. The lowest BCUT2D eigenvalue weighted by Crippen LogP contribution is -1.99. The summed E-state index contributed by atoms with van der Waals surface area (Å²) < 4.78 is 0.834. The van der Waals surface area contributed by atoms with Crippen molar-refractivity contribution < 1.29 is 4.79 Å². The molecule has 0 aromatic heterocycles. The van der Waals surface area contributed by atoms with Crippen LogP contribution in [0.3, 0.4) is 0 Å². The van der Waals surface area contributed by atoms with E-state index in [-0.39, 0.29) is 5.78 Å². The van der Waals surface area contributed by atoms with E-state index >= 15 is 0 Å². The molecule has 1 aromatic rings. The third-order valence-electron chi connectivity index (χ3n) is 1.55. The molecule has 0 bridgehead atoms. The van der Waals surface area contributed by atoms with Crippen LogP contribution >= 0.6 is 15.9 Å². The molecule has 0 aliphatic heterocycles. The molecule has 1 aromatic carbocycles. The molecule has 0 aliphatic carbocycles. The van der Waals surface area contributed by atoms with Crippen LogP contribution in [0.15, 0.2) is 22.7 Å². The molecule has 0 saturated heterocycles. The fraction of sp³-hybridized carbons (Fsp3) is 0.222. The number of carbonyl (C=O) groups excluding carboxylic acids is 1. The molecular formula is C9H10BrNO. The first-order valence-electron chi connectivity index (χ1n) is 3.63. The Morgan fingerprint density at radius 1 is 1.58 bits per heavy atom. The fourth-order valence-electron chi connectivity index (χ4n) is 1.00. The van der Waals surface area contributed by atoms with Gasteiger partial charge in [0.2, 0.25) is 0 Å². The van der Waals surface area contributed by atoms with Crippen LogP contribution in [0.1, 0.15) is 12.5 Å². The molecule has 2 N–H and O–H groups in total. The third kappa shape index (κ3) is 2.08. The van der Waals surface area contributed by atoms with Gasteiger partial charge in [0.25, 0.3) is 0 Å². The summed E-state index contributed by atoms with van der Waals surface area (Å²) in [6.45, 7) is 1.57. The smallest absolute Gasteiger partial charge is 0.134 e. The topological polar surface area (TPSA) is 43.1 Å². The van der Waals surface area contributed by atoms with Crippen LogP contribution in [-0.2, 0) is 11.2 Å². The molecule has 0 fully saturated rings. The predicted molar refractivity (Wildman–Crippen MR) is 52.9 cm³/mol. The summed E-state index contributed by atoms with van der Waals surface area (Å²) in [4.78, 5) is 10.8. The van der Waals surface area contributed by atoms with Gasteiger partial charge in [0.05, 0.1) is 0 Å². The largest absolute Gasteiger partial charge is 0.398 e. The number of hydrogen-bond donors (Lipinski definition) is 1. The zero-order valence-corrected chi connectivity index (χ0v) is 8.39.